The first-order valence-electron chi connectivity index (χ1n) is 7.90. The number of nitrogens with zero attached hydrogens (tertiary/aromatic N) is 3. The zero-order valence-corrected chi connectivity index (χ0v) is 14.6. The molecule has 0 N–H and O–H groups in total. The fourth-order valence-electron chi connectivity index (χ4n) is 3.09. The Kier molecular flexibility index (Phi) is 4.85. The van der Waals surface area contributed by atoms with E-state index in [2.05, 4.69) is 4.90 Å². The molecule has 0 saturated carbocycles. The number of sulfonamides is 1. The average molecular weight is 361 g/mol. The number of nitro groups is 1. The maximum absolute atomic E-state index is 13.2. The molecule has 1 aliphatic heterocycles. The number of likely N-dealkylation sites (N-methyl/N-ethyl adjacent to an activating group) is 1. The minimum Gasteiger partial charge on any atom is -0.303 e. The fourth-order valence-corrected chi connectivity index (χ4v) is 4.85. The van der Waals surface area contributed by atoms with Gasteiger partial charge in [-0.2, -0.15) is 4.31 Å². The standard InChI is InChI=1S/C17H19N3O4S/c1-18-11-12-19(16(13-18)14-7-3-2-4-8-14)25(23,24)17-10-6-5-9-15(17)20(21)22/h2-10,16H,11-13H2,1H3. The van der Waals surface area contributed by atoms with Crippen molar-refractivity contribution in [1.82, 2.24) is 9.21 Å². The summed E-state index contributed by atoms with van der Waals surface area (Å²) in [6.07, 6.45) is 0. The van der Waals surface area contributed by atoms with E-state index >= 15 is 0 Å². The summed E-state index contributed by atoms with van der Waals surface area (Å²) in [5.41, 5.74) is 0.476. The lowest BCUT2D eigenvalue weighted by molar-refractivity contribution is -0.387. The normalized spacial score (nSPS) is 19.6. The zero-order valence-electron chi connectivity index (χ0n) is 13.8. The first-order valence-corrected chi connectivity index (χ1v) is 9.34. The van der Waals surface area contributed by atoms with Gasteiger partial charge in [0.1, 0.15) is 0 Å². The van der Waals surface area contributed by atoms with Gasteiger partial charge in [-0.3, -0.25) is 10.1 Å². The van der Waals surface area contributed by atoms with Gasteiger partial charge in [-0.15, -0.1) is 0 Å². The Morgan fingerprint density at radius 2 is 1.68 bits per heavy atom. The molecule has 0 spiro atoms. The number of piperazine rings is 1. The van der Waals surface area contributed by atoms with Crippen molar-refractivity contribution >= 4 is 15.7 Å². The predicted molar refractivity (Wildman–Crippen MR) is 93.7 cm³/mol. The molecule has 1 fully saturated rings. The summed E-state index contributed by atoms with van der Waals surface area (Å²) >= 11 is 0. The van der Waals surface area contributed by atoms with Gasteiger partial charge in [0.2, 0.25) is 0 Å². The third-order valence-corrected chi connectivity index (χ3v) is 6.32. The third kappa shape index (κ3) is 3.41. The number of hydrogen-bond donors (Lipinski definition) is 0. The highest BCUT2D eigenvalue weighted by atomic mass is 32.2. The summed E-state index contributed by atoms with van der Waals surface area (Å²) < 4.78 is 27.8. The lowest BCUT2D eigenvalue weighted by Gasteiger charge is -2.39. The van der Waals surface area contributed by atoms with Crippen LogP contribution >= 0.6 is 0 Å². The second-order valence-electron chi connectivity index (χ2n) is 6.03. The van der Waals surface area contributed by atoms with Crippen LogP contribution in [0.25, 0.3) is 0 Å². The average Bonchev–Trinajstić information content (AvgIpc) is 2.62. The van der Waals surface area contributed by atoms with Crippen LogP contribution in [0.5, 0.6) is 0 Å². The molecular weight excluding hydrogens is 342 g/mol. The quantitative estimate of drug-likeness (QED) is 0.616. The summed E-state index contributed by atoms with van der Waals surface area (Å²) in [6.45, 7) is 1.39. The number of para-hydroxylation sites is 1. The lowest BCUT2D eigenvalue weighted by atomic mass is 10.1. The van der Waals surface area contributed by atoms with Crippen molar-refractivity contribution in [3.63, 3.8) is 0 Å². The lowest BCUT2D eigenvalue weighted by Crippen LogP contribution is -2.49. The molecule has 1 unspecified atom stereocenters. The maximum Gasteiger partial charge on any atom is 0.289 e. The smallest absolute Gasteiger partial charge is 0.289 e. The van der Waals surface area contributed by atoms with Gasteiger partial charge < -0.3 is 4.90 Å². The van der Waals surface area contributed by atoms with Crippen LogP contribution < -0.4 is 0 Å². The Morgan fingerprint density at radius 3 is 2.36 bits per heavy atom. The highest BCUT2D eigenvalue weighted by molar-refractivity contribution is 7.89. The van der Waals surface area contributed by atoms with Crippen molar-refractivity contribution in [2.45, 2.75) is 10.9 Å². The Balaban J connectivity index is 2.07. The molecule has 3 rings (SSSR count). The first kappa shape index (κ1) is 17.5. The third-order valence-electron chi connectivity index (χ3n) is 4.37. The van der Waals surface area contributed by atoms with Crippen LogP contribution in [0, 0.1) is 10.1 Å². The van der Waals surface area contributed by atoms with E-state index in [4.69, 9.17) is 0 Å². The monoisotopic (exact) mass is 361 g/mol. The van der Waals surface area contributed by atoms with Crippen molar-refractivity contribution in [1.29, 1.82) is 0 Å². The Morgan fingerprint density at radius 1 is 1.04 bits per heavy atom. The topological polar surface area (TPSA) is 83.8 Å². The molecule has 0 aliphatic carbocycles. The van der Waals surface area contributed by atoms with Gasteiger partial charge >= 0.3 is 0 Å². The SMILES string of the molecule is CN1CCN(S(=O)(=O)c2ccccc2[N+](=O)[O-])C(c2ccccc2)C1. The minimum absolute atomic E-state index is 0.259. The second-order valence-corrected chi connectivity index (χ2v) is 7.89. The molecule has 132 valence electrons. The molecule has 2 aromatic carbocycles. The van der Waals surface area contributed by atoms with Crippen molar-refractivity contribution < 1.29 is 13.3 Å². The summed E-state index contributed by atoms with van der Waals surface area (Å²) in [4.78, 5) is 12.4. The molecule has 1 atom stereocenters. The van der Waals surface area contributed by atoms with Gasteiger partial charge in [0.15, 0.2) is 4.90 Å². The molecule has 8 heteroatoms. The number of rotatable bonds is 4. The van der Waals surface area contributed by atoms with Gasteiger partial charge in [0.25, 0.3) is 15.7 Å². The van der Waals surface area contributed by atoms with Gasteiger partial charge in [0.05, 0.1) is 11.0 Å². The van der Waals surface area contributed by atoms with E-state index in [1.54, 1.807) is 0 Å². The van der Waals surface area contributed by atoms with Crippen LogP contribution in [0.1, 0.15) is 11.6 Å². The van der Waals surface area contributed by atoms with E-state index < -0.39 is 20.6 Å². The summed E-state index contributed by atoms with van der Waals surface area (Å²) in [5, 5.41) is 11.3. The van der Waals surface area contributed by atoms with Crippen molar-refractivity contribution in [2.75, 3.05) is 26.7 Å². The van der Waals surface area contributed by atoms with E-state index in [0.717, 1.165) is 5.56 Å². The van der Waals surface area contributed by atoms with Gasteiger partial charge in [-0.05, 0) is 18.7 Å². The molecule has 1 heterocycles. The molecular formula is C17H19N3O4S. The number of benzene rings is 2. The predicted octanol–water partition coefficient (Wildman–Crippen LogP) is 2.27. The summed E-state index contributed by atoms with van der Waals surface area (Å²) in [5.74, 6) is 0. The Bertz CT molecular complexity index is 870. The van der Waals surface area contributed by atoms with Crippen LogP contribution in [-0.4, -0.2) is 49.2 Å². The molecule has 0 aromatic heterocycles. The summed E-state index contributed by atoms with van der Waals surface area (Å²) in [6, 6.07) is 14.5. The molecule has 0 radical (unpaired) electrons. The van der Waals surface area contributed by atoms with Gasteiger partial charge in [0, 0.05) is 25.7 Å². The van der Waals surface area contributed by atoms with Crippen molar-refractivity contribution in [2.24, 2.45) is 0 Å². The first-order chi connectivity index (χ1) is 11.9. The Hall–Kier alpha value is -2.29. The van der Waals surface area contributed by atoms with E-state index in [1.807, 2.05) is 37.4 Å². The highest BCUT2D eigenvalue weighted by Gasteiger charge is 2.39. The van der Waals surface area contributed by atoms with Gasteiger partial charge in [-0.1, -0.05) is 42.5 Å². The van der Waals surface area contributed by atoms with Crippen LogP contribution in [0.15, 0.2) is 59.5 Å². The van der Waals surface area contributed by atoms with Crippen LogP contribution in [0.3, 0.4) is 0 Å². The Labute approximate surface area is 146 Å². The molecule has 2 aromatic rings. The minimum atomic E-state index is -3.99. The van der Waals surface area contributed by atoms with E-state index in [1.165, 1.54) is 28.6 Å². The van der Waals surface area contributed by atoms with Crippen LogP contribution in [0.2, 0.25) is 0 Å². The number of hydrogen-bond acceptors (Lipinski definition) is 5. The van der Waals surface area contributed by atoms with Crippen molar-refractivity contribution in [3.05, 3.63) is 70.3 Å². The molecule has 0 bridgehead atoms. The molecule has 0 amide bonds. The van der Waals surface area contributed by atoms with Crippen LogP contribution in [-0.2, 0) is 10.0 Å². The summed E-state index contributed by atoms with van der Waals surface area (Å²) in [7, 11) is -2.06. The number of nitro benzene ring substituents is 1. The van der Waals surface area contributed by atoms with Gasteiger partial charge in [-0.25, -0.2) is 8.42 Å². The van der Waals surface area contributed by atoms with E-state index in [-0.39, 0.29) is 17.5 Å². The van der Waals surface area contributed by atoms with Crippen molar-refractivity contribution in [3.8, 4) is 0 Å². The molecule has 1 saturated heterocycles. The largest absolute Gasteiger partial charge is 0.303 e. The molecule has 25 heavy (non-hydrogen) atoms. The van der Waals surface area contributed by atoms with E-state index in [0.29, 0.717) is 13.1 Å². The van der Waals surface area contributed by atoms with Crippen LogP contribution in [0.4, 0.5) is 5.69 Å². The fraction of sp³-hybridized carbons (Fsp3) is 0.294. The molecule has 1 aliphatic rings. The highest BCUT2D eigenvalue weighted by Crippen LogP contribution is 2.34. The molecule has 7 nitrogen and oxygen atoms in total. The van der Waals surface area contributed by atoms with E-state index in [9.17, 15) is 18.5 Å². The zero-order chi connectivity index (χ0) is 18.0. The maximum atomic E-state index is 13.2. The second kappa shape index (κ2) is 6.91.